The third kappa shape index (κ3) is 2.23. The first-order valence-electron chi connectivity index (χ1n) is 6.76. The van der Waals surface area contributed by atoms with Gasteiger partial charge < -0.3 is 15.1 Å². The van der Waals surface area contributed by atoms with Gasteiger partial charge in [0, 0.05) is 30.7 Å². The van der Waals surface area contributed by atoms with Gasteiger partial charge in [-0.25, -0.2) is 0 Å². The molecule has 2 aliphatic heterocycles. The number of hydrogen-bond acceptors (Lipinski definition) is 4. The summed E-state index contributed by atoms with van der Waals surface area (Å²) < 4.78 is 0.867. The monoisotopic (exact) mass is 337 g/mol. The molecule has 3 rings (SSSR count). The second kappa shape index (κ2) is 5.18. The summed E-state index contributed by atoms with van der Waals surface area (Å²) in [6, 6.07) is 3.64. The first kappa shape index (κ1) is 13.6. The number of likely N-dealkylation sites (N-methyl/N-ethyl adjacent to an activating group) is 1. The largest absolute Gasteiger partial charge is 0.368 e. The number of hydrogen-bond donors (Lipinski definition) is 1. The highest BCUT2D eigenvalue weighted by Gasteiger charge is 2.30. The number of nitrogens with one attached hydrogen (secondary N) is 1. The molecular formula is C14H16BrN3O2. The van der Waals surface area contributed by atoms with Gasteiger partial charge in [0.05, 0.1) is 16.9 Å². The summed E-state index contributed by atoms with van der Waals surface area (Å²) >= 11 is 3.52. The molecule has 5 nitrogen and oxygen atoms in total. The van der Waals surface area contributed by atoms with Crippen LogP contribution in [0.4, 0.5) is 11.4 Å². The molecule has 1 N–H and O–H groups in total. The van der Waals surface area contributed by atoms with Gasteiger partial charge in [0.1, 0.15) is 0 Å². The van der Waals surface area contributed by atoms with Crippen molar-refractivity contribution in [3.8, 4) is 0 Å². The van der Waals surface area contributed by atoms with Crippen molar-refractivity contribution in [1.29, 1.82) is 0 Å². The first-order chi connectivity index (χ1) is 9.60. The number of amides is 1. The summed E-state index contributed by atoms with van der Waals surface area (Å²) in [5.41, 5.74) is 2.11. The SMILES string of the molecule is CCN1CCN(c2cc3c(cc2Br)C(=O)C(=O)N3)CC1. The third-order valence-corrected chi connectivity index (χ3v) is 4.58. The van der Waals surface area contributed by atoms with E-state index in [0.717, 1.165) is 42.9 Å². The van der Waals surface area contributed by atoms with E-state index in [1.54, 1.807) is 6.07 Å². The minimum Gasteiger partial charge on any atom is -0.368 e. The van der Waals surface area contributed by atoms with Crippen LogP contribution < -0.4 is 10.2 Å². The smallest absolute Gasteiger partial charge is 0.296 e. The van der Waals surface area contributed by atoms with Crippen molar-refractivity contribution in [1.82, 2.24) is 4.90 Å². The number of ketones is 1. The Morgan fingerprint density at radius 3 is 2.55 bits per heavy atom. The minimum atomic E-state index is -0.542. The van der Waals surface area contributed by atoms with Gasteiger partial charge in [0.2, 0.25) is 0 Å². The highest BCUT2D eigenvalue weighted by atomic mass is 79.9. The summed E-state index contributed by atoms with van der Waals surface area (Å²) in [5, 5.41) is 2.63. The van der Waals surface area contributed by atoms with Crippen LogP contribution in [0.15, 0.2) is 16.6 Å². The topological polar surface area (TPSA) is 52.7 Å². The van der Waals surface area contributed by atoms with Gasteiger partial charge in [-0.05, 0) is 34.6 Å². The van der Waals surface area contributed by atoms with E-state index in [0.29, 0.717) is 11.3 Å². The molecule has 20 heavy (non-hydrogen) atoms. The molecule has 0 atom stereocenters. The van der Waals surface area contributed by atoms with E-state index < -0.39 is 11.7 Å². The minimum absolute atomic E-state index is 0.456. The number of carbonyl (C=O) groups excluding carboxylic acids is 2. The molecule has 106 valence electrons. The summed E-state index contributed by atoms with van der Waals surface area (Å²) in [6.45, 7) is 7.21. The van der Waals surface area contributed by atoms with E-state index in [4.69, 9.17) is 0 Å². The number of anilines is 2. The number of fused-ring (bicyclic) bond motifs is 1. The van der Waals surface area contributed by atoms with Crippen LogP contribution in [0.1, 0.15) is 17.3 Å². The van der Waals surface area contributed by atoms with Gasteiger partial charge in [0.25, 0.3) is 11.7 Å². The van der Waals surface area contributed by atoms with Crippen LogP contribution in [0.2, 0.25) is 0 Å². The fourth-order valence-corrected chi connectivity index (χ4v) is 3.30. The van der Waals surface area contributed by atoms with E-state index in [9.17, 15) is 9.59 Å². The van der Waals surface area contributed by atoms with Crippen LogP contribution in [0, 0.1) is 0 Å². The molecule has 0 saturated carbocycles. The second-order valence-electron chi connectivity index (χ2n) is 5.05. The van der Waals surface area contributed by atoms with E-state index >= 15 is 0 Å². The molecule has 0 unspecified atom stereocenters. The van der Waals surface area contributed by atoms with Crippen molar-refractivity contribution in [2.75, 3.05) is 42.9 Å². The molecule has 0 aliphatic carbocycles. The Labute approximate surface area is 126 Å². The second-order valence-corrected chi connectivity index (χ2v) is 5.91. The Bertz CT molecular complexity index is 580. The number of nitrogens with zero attached hydrogens (tertiary/aromatic N) is 2. The molecule has 1 amide bonds. The maximum atomic E-state index is 11.7. The highest BCUT2D eigenvalue weighted by Crippen LogP contribution is 2.35. The van der Waals surface area contributed by atoms with Crippen molar-refractivity contribution in [2.45, 2.75) is 6.92 Å². The number of benzene rings is 1. The fourth-order valence-electron chi connectivity index (χ4n) is 2.70. The van der Waals surface area contributed by atoms with E-state index in [2.05, 4.69) is 38.0 Å². The van der Waals surface area contributed by atoms with Crippen molar-refractivity contribution in [2.24, 2.45) is 0 Å². The lowest BCUT2D eigenvalue weighted by molar-refractivity contribution is -0.112. The summed E-state index contributed by atoms with van der Waals surface area (Å²) in [7, 11) is 0. The van der Waals surface area contributed by atoms with Crippen molar-refractivity contribution >= 4 is 39.0 Å². The number of piperazine rings is 1. The fraction of sp³-hybridized carbons (Fsp3) is 0.429. The summed E-state index contributed by atoms with van der Waals surface area (Å²) in [4.78, 5) is 27.8. The Morgan fingerprint density at radius 1 is 1.20 bits per heavy atom. The van der Waals surface area contributed by atoms with Crippen LogP contribution in [-0.4, -0.2) is 49.3 Å². The Hall–Kier alpha value is -1.40. The highest BCUT2D eigenvalue weighted by molar-refractivity contribution is 9.10. The normalized spacial score (nSPS) is 19.2. The van der Waals surface area contributed by atoms with Gasteiger partial charge in [-0.15, -0.1) is 0 Å². The molecule has 1 aromatic rings. The summed E-state index contributed by atoms with van der Waals surface area (Å²) in [6.07, 6.45) is 0. The third-order valence-electron chi connectivity index (χ3n) is 3.95. The quantitative estimate of drug-likeness (QED) is 0.835. The predicted molar refractivity (Wildman–Crippen MR) is 81.4 cm³/mol. The van der Waals surface area contributed by atoms with Gasteiger partial charge in [0.15, 0.2) is 0 Å². The van der Waals surface area contributed by atoms with Crippen LogP contribution >= 0.6 is 15.9 Å². The number of halogens is 1. The molecule has 6 heteroatoms. The average Bonchev–Trinajstić information content (AvgIpc) is 2.74. The van der Waals surface area contributed by atoms with Crippen LogP contribution in [0.3, 0.4) is 0 Å². The lowest BCUT2D eigenvalue weighted by Crippen LogP contribution is -2.46. The van der Waals surface area contributed by atoms with E-state index in [-0.39, 0.29) is 0 Å². The maximum Gasteiger partial charge on any atom is 0.296 e. The zero-order chi connectivity index (χ0) is 14.3. The number of carbonyl (C=O) groups is 2. The Kier molecular flexibility index (Phi) is 3.52. The predicted octanol–water partition coefficient (Wildman–Crippen LogP) is 1.73. The average molecular weight is 338 g/mol. The van der Waals surface area contributed by atoms with Crippen molar-refractivity contribution in [3.05, 3.63) is 22.2 Å². The van der Waals surface area contributed by atoms with Gasteiger partial charge in [-0.3, -0.25) is 9.59 Å². The lowest BCUT2D eigenvalue weighted by Gasteiger charge is -2.36. The number of rotatable bonds is 2. The summed E-state index contributed by atoms with van der Waals surface area (Å²) in [5.74, 6) is -0.997. The van der Waals surface area contributed by atoms with Gasteiger partial charge >= 0.3 is 0 Å². The van der Waals surface area contributed by atoms with Crippen LogP contribution in [0.25, 0.3) is 0 Å². The van der Waals surface area contributed by atoms with Gasteiger partial charge in [-0.1, -0.05) is 6.92 Å². The van der Waals surface area contributed by atoms with Gasteiger partial charge in [-0.2, -0.15) is 0 Å². The molecule has 0 aromatic heterocycles. The zero-order valence-electron chi connectivity index (χ0n) is 11.3. The van der Waals surface area contributed by atoms with E-state index in [1.807, 2.05) is 6.07 Å². The molecule has 2 aliphatic rings. The first-order valence-corrected chi connectivity index (χ1v) is 7.56. The molecule has 1 aromatic carbocycles. The van der Waals surface area contributed by atoms with Crippen LogP contribution in [-0.2, 0) is 4.79 Å². The number of Topliss-reactive ketones (excluding diaryl/α,β-unsaturated/α-hetero) is 1. The van der Waals surface area contributed by atoms with Crippen LogP contribution in [0.5, 0.6) is 0 Å². The van der Waals surface area contributed by atoms with Crippen molar-refractivity contribution in [3.63, 3.8) is 0 Å². The molecular weight excluding hydrogens is 322 g/mol. The van der Waals surface area contributed by atoms with Crippen molar-refractivity contribution < 1.29 is 9.59 Å². The Morgan fingerprint density at radius 2 is 1.90 bits per heavy atom. The molecule has 0 bridgehead atoms. The lowest BCUT2D eigenvalue weighted by atomic mass is 10.1. The molecule has 1 fully saturated rings. The molecule has 2 heterocycles. The van der Waals surface area contributed by atoms with E-state index in [1.165, 1.54) is 0 Å². The molecule has 0 spiro atoms. The standard InChI is InChI=1S/C14H16BrN3O2/c1-2-17-3-5-18(6-4-17)12-8-11-9(7-10(12)15)13(19)14(20)16-11/h7-8H,2-6H2,1H3,(H,16,19,20). The Balaban J connectivity index is 1.87. The zero-order valence-corrected chi connectivity index (χ0v) is 12.9. The molecule has 1 saturated heterocycles. The molecule has 0 radical (unpaired) electrons. The maximum absolute atomic E-state index is 11.7.